The molecule has 0 N–H and O–H groups in total. The Kier molecular flexibility index (Phi) is 9.23. The molecule has 200 valence electrons. The number of urea groups is 1. The lowest BCUT2D eigenvalue weighted by Gasteiger charge is -2.36. The average molecular weight is 596 g/mol. The second-order valence-corrected chi connectivity index (χ2v) is 9.54. The van der Waals surface area contributed by atoms with Crippen LogP contribution in [0.3, 0.4) is 0 Å². The van der Waals surface area contributed by atoms with Crippen molar-refractivity contribution in [3.8, 4) is 17.9 Å². The van der Waals surface area contributed by atoms with E-state index in [0.717, 1.165) is 4.47 Å². The fourth-order valence-electron chi connectivity index (χ4n) is 4.25. The van der Waals surface area contributed by atoms with Crippen LogP contribution in [-0.4, -0.2) is 53.7 Å². The van der Waals surface area contributed by atoms with E-state index < -0.39 is 18.7 Å². The number of nitrogens with zero attached hydrogens (tertiary/aromatic N) is 7. The van der Waals surface area contributed by atoms with Crippen LogP contribution in [0.2, 0.25) is 0 Å². The highest BCUT2D eigenvalue weighted by Crippen LogP contribution is 2.27. The van der Waals surface area contributed by atoms with Gasteiger partial charge in [0.05, 0.1) is 30.3 Å². The van der Waals surface area contributed by atoms with Crippen LogP contribution in [-0.2, 0) is 0 Å². The molecule has 12 heteroatoms. The number of ether oxygens (including phenoxy) is 1. The fraction of sp³-hybridized carbons (Fsp3) is 0.296. The molecule has 2 aliphatic rings. The molecular weight excluding hydrogens is 572 g/mol. The smallest absolute Gasteiger partial charge is 0.387 e. The van der Waals surface area contributed by atoms with Gasteiger partial charge in [0.25, 0.3) is 0 Å². The third-order valence-corrected chi connectivity index (χ3v) is 6.59. The van der Waals surface area contributed by atoms with Gasteiger partial charge in [0.15, 0.2) is 0 Å². The van der Waals surface area contributed by atoms with E-state index in [-0.39, 0.29) is 25.3 Å². The highest BCUT2D eigenvalue weighted by atomic mass is 79.9. The van der Waals surface area contributed by atoms with Crippen LogP contribution in [0.15, 0.2) is 75.0 Å². The average Bonchev–Trinajstić information content (AvgIpc) is 3.19. The maximum atomic E-state index is 13.7. The molecule has 1 atom stereocenters. The molecule has 0 saturated carbocycles. The molecule has 9 nitrogen and oxygen atoms in total. The highest BCUT2D eigenvalue weighted by molar-refractivity contribution is 9.10. The first-order valence-corrected chi connectivity index (χ1v) is 13.0. The second kappa shape index (κ2) is 13.0. The molecule has 0 aliphatic carbocycles. The van der Waals surface area contributed by atoms with Crippen LogP contribution in [0.25, 0.3) is 0 Å². The SMILES string of the molecule is N#CCCN(C(=O)N1CCC(N2C=C(C#N)CCC=N2)C(c2cccc(OC(F)F)c2)=N1)c1ccc(Br)cc1. The lowest BCUT2D eigenvalue weighted by molar-refractivity contribution is -0.0498. The molecule has 0 saturated heterocycles. The van der Waals surface area contributed by atoms with Crippen molar-refractivity contribution in [2.75, 3.05) is 18.0 Å². The maximum Gasteiger partial charge on any atom is 0.387 e. The Morgan fingerprint density at radius 1 is 1.23 bits per heavy atom. The predicted molar refractivity (Wildman–Crippen MR) is 145 cm³/mol. The summed E-state index contributed by atoms with van der Waals surface area (Å²) in [6, 6.07) is 16.6. The summed E-state index contributed by atoms with van der Waals surface area (Å²) >= 11 is 3.39. The number of nitriles is 2. The number of hydrogen-bond donors (Lipinski definition) is 0. The van der Waals surface area contributed by atoms with Gasteiger partial charge in [0.1, 0.15) is 5.75 Å². The van der Waals surface area contributed by atoms with E-state index >= 15 is 0 Å². The summed E-state index contributed by atoms with van der Waals surface area (Å²) in [6.45, 7) is -2.62. The van der Waals surface area contributed by atoms with Crippen molar-refractivity contribution < 1.29 is 18.3 Å². The van der Waals surface area contributed by atoms with Gasteiger partial charge in [-0.3, -0.25) is 9.91 Å². The minimum Gasteiger partial charge on any atom is -0.435 e. The monoisotopic (exact) mass is 595 g/mol. The number of alkyl halides is 2. The van der Waals surface area contributed by atoms with Crippen molar-refractivity contribution in [2.24, 2.45) is 10.2 Å². The Balaban J connectivity index is 1.74. The third kappa shape index (κ3) is 6.98. The number of benzene rings is 2. The van der Waals surface area contributed by atoms with Gasteiger partial charge in [0, 0.05) is 46.8 Å². The van der Waals surface area contributed by atoms with Gasteiger partial charge in [-0.05, 0) is 55.7 Å². The largest absolute Gasteiger partial charge is 0.435 e. The summed E-state index contributed by atoms with van der Waals surface area (Å²) < 4.78 is 31.3. The molecule has 2 aromatic rings. The van der Waals surface area contributed by atoms with Crippen LogP contribution < -0.4 is 9.64 Å². The van der Waals surface area contributed by atoms with E-state index in [4.69, 9.17) is 0 Å². The van der Waals surface area contributed by atoms with E-state index in [2.05, 4.69) is 43.0 Å². The molecule has 39 heavy (non-hydrogen) atoms. The Hall–Kier alpha value is -4.29. The molecule has 2 amide bonds. The molecule has 1 unspecified atom stereocenters. The number of allylic oxidation sites excluding steroid dienone is 1. The zero-order valence-electron chi connectivity index (χ0n) is 20.8. The summed E-state index contributed by atoms with van der Waals surface area (Å²) in [5, 5.41) is 30.8. The summed E-state index contributed by atoms with van der Waals surface area (Å²) in [6.07, 6.45) is 5.01. The number of halogens is 3. The molecule has 0 radical (unpaired) electrons. The van der Waals surface area contributed by atoms with Crippen molar-refractivity contribution in [2.45, 2.75) is 38.3 Å². The number of rotatable bonds is 7. The molecule has 0 fully saturated rings. The topological polar surface area (TPSA) is 108 Å². The first-order chi connectivity index (χ1) is 18.9. The highest BCUT2D eigenvalue weighted by Gasteiger charge is 2.33. The van der Waals surface area contributed by atoms with E-state index in [9.17, 15) is 24.1 Å². The van der Waals surface area contributed by atoms with E-state index in [0.29, 0.717) is 41.8 Å². The van der Waals surface area contributed by atoms with Gasteiger partial charge in [-0.25, -0.2) is 9.80 Å². The van der Waals surface area contributed by atoms with Crippen molar-refractivity contribution in [1.82, 2.24) is 10.0 Å². The number of anilines is 1. The zero-order chi connectivity index (χ0) is 27.8. The maximum absolute atomic E-state index is 13.7. The first-order valence-electron chi connectivity index (χ1n) is 12.2. The lowest BCUT2D eigenvalue weighted by Crippen LogP contribution is -2.49. The van der Waals surface area contributed by atoms with Gasteiger partial charge in [0.2, 0.25) is 0 Å². The molecule has 2 aliphatic heterocycles. The molecule has 2 heterocycles. The lowest BCUT2D eigenvalue weighted by atomic mass is 9.98. The number of hydrogen-bond acceptors (Lipinski definition) is 7. The molecule has 0 bridgehead atoms. The molecule has 4 rings (SSSR count). The Labute approximate surface area is 233 Å². The Bertz CT molecular complexity index is 1370. The molecular formula is C27H24BrF2N7O2. The number of hydrazone groups is 2. The van der Waals surface area contributed by atoms with Crippen LogP contribution in [0, 0.1) is 22.7 Å². The standard InChI is InChI=1S/C27H24BrF2N7O2/c28-21-7-9-22(10-8-21)35(14-3-12-31)27(38)36-15-11-24(37-18-19(17-32)4-2-13-33-37)25(34-36)20-5-1-6-23(16-20)39-26(29)30/h1,5-10,13,16,18,24,26H,2-4,11,14-15H2. The predicted octanol–water partition coefficient (Wildman–Crippen LogP) is 5.86. The summed E-state index contributed by atoms with van der Waals surface area (Å²) in [7, 11) is 0. The van der Waals surface area contributed by atoms with E-state index in [1.54, 1.807) is 53.8 Å². The van der Waals surface area contributed by atoms with Crippen molar-refractivity contribution >= 4 is 39.6 Å². The Morgan fingerprint density at radius 2 is 2.03 bits per heavy atom. The third-order valence-electron chi connectivity index (χ3n) is 6.06. The number of amides is 2. The minimum atomic E-state index is -3.00. The van der Waals surface area contributed by atoms with Crippen LogP contribution >= 0.6 is 15.9 Å². The van der Waals surface area contributed by atoms with Gasteiger partial charge < -0.3 is 4.74 Å². The van der Waals surface area contributed by atoms with E-state index in [1.807, 2.05) is 0 Å². The zero-order valence-corrected chi connectivity index (χ0v) is 22.3. The second-order valence-electron chi connectivity index (χ2n) is 8.62. The van der Waals surface area contributed by atoms with Crippen molar-refractivity contribution in [1.29, 1.82) is 10.5 Å². The van der Waals surface area contributed by atoms with E-state index in [1.165, 1.54) is 22.0 Å². The first kappa shape index (κ1) is 27.7. The Morgan fingerprint density at radius 3 is 2.74 bits per heavy atom. The van der Waals surface area contributed by atoms with Gasteiger partial charge in [-0.15, -0.1) is 0 Å². The van der Waals surface area contributed by atoms with Crippen LogP contribution in [0.1, 0.15) is 31.2 Å². The van der Waals surface area contributed by atoms with Gasteiger partial charge in [-0.2, -0.15) is 29.5 Å². The van der Waals surface area contributed by atoms with Crippen LogP contribution in [0.4, 0.5) is 19.3 Å². The summed E-state index contributed by atoms with van der Waals surface area (Å²) in [4.78, 5) is 15.2. The molecule has 0 aromatic heterocycles. The summed E-state index contributed by atoms with van der Waals surface area (Å²) in [5.41, 5.74) is 2.01. The normalized spacial score (nSPS) is 17.0. The van der Waals surface area contributed by atoms with Gasteiger partial charge >= 0.3 is 12.6 Å². The van der Waals surface area contributed by atoms with Crippen molar-refractivity contribution in [3.05, 3.63) is 70.3 Å². The minimum absolute atomic E-state index is 0.0504. The summed E-state index contributed by atoms with van der Waals surface area (Å²) in [5.74, 6) is -0.0504. The molecule has 0 spiro atoms. The van der Waals surface area contributed by atoms with Gasteiger partial charge in [-0.1, -0.05) is 28.1 Å². The fourth-order valence-corrected chi connectivity index (χ4v) is 4.51. The number of carbonyl (C=O) groups excluding carboxylic acids is 1. The van der Waals surface area contributed by atoms with Crippen LogP contribution in [0.5, 0.6) is 5.75 Å². The quantitative estimate of drug-likeness (QED) is 0.398. The molecule has 2 aromatic carbocycles. The van der Waals surface area contributed by atoms with Crippen molar-refractivity contribution in [3.63, 3.8) is 0 Å². The number of carbonyl (C=O) groups is 1.